The van der Waals surface area contributed by atoms with Crippen LogP contribution in [0.1, 0.15) is 40.0 Å². The Morgan fingerprint density at radius 1 is 1.54 bits per heavy atom. The van der Waals surface area contributed by atoms with Crippen LogP contribution in [0.4, 0.5) is 0 Å². The van der Waals surface area contributed by atoms with Crippen molar-refractivity contribution >= 4 is 0 Å². The van der Waals surface area contributed by atoms with Gasteiger partial charge in [0, 0.05) is 0 Å². The van der Waals surface area contributed by atoms with E-state index in [1.807, 2.05) is 13.8 Å². The zero-order chi connectivity index (χ0) is 9.84. The van der Waals surface area contributed by atoms with Crippen LogP contribution in [0.5, 0.6) is 0 Å². The normalized spacial score (nSPS) is 21.1. The molecule has 1 atom stereocenters. The van der Waals surface area contributed by atoms with Gasteiger partial charge in [-0.3, -0.25) is 5.26 Å². The molecule has 1 rings (SSSR count). The smallest absolute Gasteiger partial charge is 0.139 e. The zero-order valence-corrected chi connectivity index (χ0v) is 8.63. The Kier molecular flexibility index (Phi) is 3.70. The first-order valence-corrected chi connectivity index (χ1v) is 4.88. The molecule has 0 radical (unpaired) electrons. The highest BCUT2D eigenvalue weighted by molar-refractivity contribution is 5.47. The summed E-state index contributed by atoms with van der Waals surface area (Å²) in [7, 11) is 0. The molecule has 0 aromatic rings. The Labute approximate surface area is 79.8 Å². The van der Waals surface area contributed by atoms with E-state index in [9.17, 15) is 0 Å². The third-order valence-electron chi connectivity index (χ3n) is 2.46. The number of hydrogen-bond donors (Lipinski definition) is 1. The highest BCUT2D eigenvalue weighted by Crippen LogP contribution is 2.33. The minimum Gasteiger partial charge on any atom is -0.251 e. The minimum absolute atomic E-state index is 0.142. The Morgan fingerprint density at radius 3 is 2.69 bits per heavy atom. The molecule has 0 aromatic heterocycles. The van der Waals surface area contributed by atoms with Crippen LogP contribution in [0.25, 0.3) is 0 Å². The maximum atomic E-state index is 8.70. The second kappa shape index (κ2) is 4.58. The highest BCUT2D eigenvalue weighted by atomic mass is 17.1. The van der Waals surface area contributed by atoms with Crippen LogP contribution in [0.15, 0.2) is 22.8 Å². The lowest BCUT2D eigenvalue weighted by atomic mass is 9.83. The van der Waals surface area contributed by atoms with Crippen molar-refractivity contribution in [2.24, 2.45) is 0 Å². The third-order valence-corrected chi connectivity index (χ3v) is 2.46. The molecular weight excluding hydrogens is 164 g/mol. The molecular formula is C11H18O2. The summed E-state index contributed by atoms with van der Waals surface area (Å²) in [5.41, 5.74) is 3.58. The largest absolute Gasteiger partial charge is 0.251 e. The van der Waals surface area contributed by atoms with E-state index in [2.05, 4.69) is 17.9 Å². The number of hydrogen-bond acceptors (Lipinski definition) is 2. The van der Waals surface area contributed by atoms with Gasteiger partial charge in [0.25, 0.3) is 0 Å². The topological polar surface area (TPSA) is 29.5 Å². The van der Waals surface area contributed by atoms with E-state index < -0.39 is 0 Å². The lowest BCUT2D eigenvalue weighted by Crippen LogP contribution is -2.25. The van der Waals surface area contributed by atoms with Crippen molar-refractivity contribution < 1.29 is 10.1 Å². The van der Waals surface area contributed by atoms with Crippen molar-refractivity contribution in [3.63, 3.8) is 0 Å². The van der Waals surface area contributed by atoms with E-state index in [1.54, 1.807) is 0 Å². The summed E-state index contributed by atoms with van der Waals surface area (Å²) in [6.45, 7) is 6.23. The van der Waals surface area contributed by atoms with Gasteiger partial charge in [-0.15, -0.1) is 0 Å². The van der Waals surface area contributed by atoms with Crippen molar-refractivity contribution in [3.8, 4) is 0 Å². The Hall–Kier alpha value is -0.600. The quantitative estimate of drug-likeness (QED) is 0.534. The van der Waals surface area contributed by atoms with Crippen LogP contribution >= 0.6 is 0 Å². The molecule has 0 saturated heterocycles. The molecule has 0 heterocycles. The fourth-order valence-electron chi connectivity index (χ4n) is 1.57. The second-order valence-corrected chi connectivity index (χ2v) is 3.76. The summed E-state index contributed by atoms with van der Waals surface area (Å²) in [5.74, 6) is 0. The van der Waals surface area contributed by atoms with Crippen molar-refractivity contribution in [2.75, 3.05) is 0 Å². The van der Waals surface area contributed by atoms with Gasteiger partial charge in [0.1, 0.15) is 6.10 Å². The van der Waals surface area contributed by atoms with Gasteiger partial charge < -0.3 is 0 Å². The molecule has 1 unspecified atom stereocenters. The summed E-state index contributed by atoms with van der Waals surface area (Å²) in [5, 5.41) is 8.70. The van der Waals surface area contributed by atoms with Gasteiger partial charge in [-0.05, 0) is 37.8 Å². The predicted molar refractivity (Wildman–Crippen MR) is 53.5 cm³/mol. The molecule has 0 saturated carbocycles. The van der Waals surface area contributed by atoms with Gasteiger partial charge >= 0.3 is 0 Å². The average Bonchev–Trinajstić information content (AvgIpc) is 2.03. The molecule has 0 fully saturated rings. The minimum atomic E-state index is -0.142. The maximum absolute atomic E-state index is 8.70. The molecule has 0 spiro atoms. The van der Waals surface area contributed by atoms with E-state index in [1.165, 1.54) is 24.0 Å². The Morgan fingerprint density at radius 2 is 2.23 bits per heavy atom. The van der Waals surface area contributed by atoms with Gasteiger partial charge in [0.05, 0.1) is 0 Å². The Balaban J connectivity index is 2.60. The fraction of sp³-hybridized carbons (Fsp3) is 0.636. The molecule has 0 bridgehead atoms. The number of rotatable bonds is 4. The second-order valence-electron chi connectivity index (χ2n) is 3.76. The van der Waals surface area contributed by atoms with Gasteiger partial charge in [0.15, 0.2) is 0 Å². The molecule has 2 heteroatoms. The predicted octanol–water partition coefficient (Wildman–Crippen LogP) is 3.31. The third kappa shape index (κ3) is 2.20. The SMILES string of the molecule is CCCCC1=CC(=C(C)C)C1OO. The van der Waals surface area contributed by atoms with E-state index in [4.69, 9.17) is 5.26 Å². The lowest BCUT2D eigenvalue weighted by molar-refractivity contribution is -0.262. The van der Waals surface area contributed by atoms with Crippen molar-refractivity contribution in [3.05, 3.63) is 22.8 Å². The molecule has 0 aromatic carbocycles. The molecule has 2 nitrogen and oxygen atoms in total. The first-order chi connectivity index (χ1) is 6.20. The molecule has 13 heavy (non-hydrogen) atoms. The van der Waals surface area contributed by atoms with E-state index in [0.29, 0.717) is 0 Å². The molecule has 1 aliphatic rings. The van der Waals surface area contributed by atoms with Gasteiger partial charge in [-0.1, -0.05) is 25.0 Å². The Bertz CT molecular complexity index is 234. The van der Waals surface area contributed by atoms with Crippen molar-refractivity contribution in [1.29, 1.82) is 0 Å². The van der Waals surface area contributed by atoms with Crippen LogP contribution in [0, 0.1) is 0 Å². The zero-order valence-electron chi connectivity index (χ0n) is 8.63. The van der Waals surface area contributed by atoms with Crippen LogP contribution < -0.4 is 0 Å². The molecule has 0 aliphatic heterocycles. The number of unbranched alkanes of at least 4 members (excludes halogenated alkanes) is 1. The summed E-state index contributed by atoms with van der Waals surface area (Å²) < 4.78 is 0. The van der Waals surface area contributed by atoms with Crippen LogP contribution in [-0.2, 0) is 4.89 Å². The van der Waals surface area contributed by atoms with Gasteiger partial charge in [0.2, 0.25) is 0 Å². The van der Waals surface area contributed by atoms with Crippen LogP contribution in [0.2, 0.25) is 0 Å². The average molecular weight is 182 g/mol. The van der Waals surface area contributed by atoms with Crippen molar-refractivity contribution in [2.45, 2.75) is 46.1 Å². The van der Waals surface area contributed by atoms with Crippen LogP contribution in [-0.4, -0.2) is 11.4 Å². The summed E-state index contributed by atoms with van der Waals surface area (Å²) in [6, 6.07) is 0. The van der Waals surface area contributed by atoms with Gasteiger partial charge in [-0.2, -0.15) is 0 Å². The summed E-state index contributed by atoms with van der Waals surface area (Å²) in [6.07, 6.45) is 5.38. The monoisotopic (exact) mass is 182 g/mol. The standard InChI is InChI=1S/C11H18O2/c1-4-5-6-9-7-10(8(2)3)11(9)13-12/h7,11-12H,4-6H2,1-3H3. The first kappa shape index (κ1) is 10.5. The first-order valence-electron chi connectivity index (χ1n) is 4.88. The molecule has 0 amide bonds. The van der Waals surface area contributed by atoms with E-state index in [0.717, 1.165) is 12.0 Å². The van der Waals surface area contributed by atoms with Crippen molar-refractivity contribution in [1.82, 2.24) is 0 Å². The molecule has 1 aliphatic carbocycles. The van der Waals surface area contributed by atoms with Crippen LogP contribution in [0.3, 0.4) is 0 Å². The molecule has 74 valence electrons. The fourth-order valence-corrected chi connectivity index (χ4v) is 1.57. The lowest BCUT2D eigenvalue weighted by Gasteiger charge is -2.28. The van der Waals surface area contributed by atoms with E-state index >= 15 is 0 Å². The van der Waals surface area contributed by atoms with E-state index in [-0.39, 0.29) is 6.10 Å². The summed E-state index contributed by atoms with van der Waals surface area (Å²) >= 11 is 0. The summed E-state index contributed by atoms with van der Waals surface area (Å²) in [4.78, 5) is 4.44. The van der Waals surface area contributed by atoms with Gasteiger partial charge in [-0.25, -0.2) is 4.89 Å². The molecule has 1 N–H and O–H groups in total. The number of allylic oxidation sites excluding steroid dienone is 1. The maximum Gasteiger partial charge on any atom is 0.139 e. The highest BCUT2D eigenvalue weighted by Gasteiger charge is 2.28.